The first-order valence-corrected chi connectivity index (χ1v) is 7.52. The van der Waals surface area contributed by atoms with E-state index in [1.807, 2.05) is 47.3 Å². The molecule has 5 nitrogen and oxygen atoms in total. The summed E-state index contributed by atoms with van der Waals surface area (Å²) in [7, 11) is 1.61. The number of rotatable bonds is 5. The van der Waals surface area contributed by atoms with Gasteiger partial charge in [-0.1, -0.05) is 12.1 Å². The quantitative estimate of drug-likeness (QED) is 0.786. The van der Waals surface area contributed by atoms with Gasteiger partial charge in [0.2, 0.25) is 5.91 Å². The Kier molecular flexibility index (Phi) is 4.28. The fraction of sp³-hybridized carbons (Fsp3) is 0.222. The molecular weight excluding hydrogens is 290 g/mol. The zero-order chi connectivity index (χ0) is 16.2. The van der Waals surface area contributed by atoms with Crippen molar-refractivity contribution in [2.24, 2.45) is 0 Å². The number of nitrogens with one attached hydrogen (secondary N) is 1. The minimum Gasteiger partial charge on any atom is -0.497 e. The number of carbonyl (C=O) groups is 1. The van der Waals surface area contributed by atoms with E-state index in [4.69, 9.17) is 4.74 Å². The zero-order valence-electron chi connectivity index (χ0n) is 13.2. The average molecular weight is 309 g/mol. The van der Waals surface area contributed by atoms with Crippen molar-refractivity contribution in [2.75, 3.05) is 12.4 Å². The molecule has 0 fully saturated rings. The average Bonchev–Trinajstić information content (AvgIpc) is 2.98. The van der Waals surface area contributed by atoms with Crippen LogP contribution < -0.4 is 10.1 Å². The highest BCUT2D eigenvalue weighted by molar-refractivity contribution is 5.90. The predicted molar refractivity (Wildman–Crippen MR) is 90.7 cm³/mol. The van der Waals surface area contributed by atoms with Crippen LogP contribution in [0, 0.1) is 6.92 Å². The number of fused-ring (bicyclic) bond motifs is 1. The number of methoxy groups -OCH3 is 1. The Morgan fingerprint density at radius 2 is 2.00 bits per heavy atom. The summed E-state index contributed by atoms with van der Waals surface area (Å²) < 4.78 is 6.97. The van der Waals surface area contributed by atoms with Gasteiger partial charge < -0.3 is 10.1 Å². The second-order valence-electron chi connectivity index (χ2n) is 5.40. The molecule has 0 bridgehead atoms. The number of hydrogen-bond donors (Lipinski definition) is 1. The first-order chi connectivity index (χ1) is 11.2. The van der Waals surface area contributed by atoms with Gasteiger partial charge in [0, 0.05) is 17.5 Å². The van der Waals surface area contributed by atoms with Crippen molar-refractivity contribution in [3.63, 3.8) is 0 Å². The predicted octanol–water partition coefficient (Wildman–Crippen LogP) is 3.38. The first kappa shape index (κ1) is 15.1. The minimum absolute atomic E-state index is 0.0357. The van der Waals surface area contributed by atoms with E-state index < -0.39 is 0 Å². The van der Waals surface area contributed by atoms with E-state index in [-0.39, 0.29) is 5.91 Å². The van der Waals surface area contributed by atoms with Crippen LogP contribution in [0.1, 0.15) is 12.0 Å². The van der Waals surface area contributed by atoms with Gasteiger partial charge >= 0.3 is 0 Å². The van der Waals surface area contributed by atoms with Crippen LogP contribution in [-0.2, 0) is 11.3 Å². The molecule has 0 saturated carbocycles. The molecule has 118 valence electrons. The molecule has 1 N–H and O–H groups in total. The van der Waals surface area contributed by atoms with E-state index in [1.165, 1.54) is 5.56 Å². The minimum atomic E-state index is -0.0357. The highest BCUT2D eigenvalue weighted by Crippen LogP contribution is 2.18. The number of aryl methyl sites for hydroxylation is 2. The van der Waals surface area contributed by atoms with Gasteiger partial charge in [0.15, 0.2) is 0 Å². The van der Waals surface area contributed by atoms with E-state index in [2.05, 4.69) is 23.4 Å². The largest absolute Gasteiger partial charge is 0.497 e. The van der Waals surface area contributed by atoms with Crippen LogP contribution in [0.5, 0.6) is 5.75 Å². The highest BCUT2D eigenvalue weighted by atomic mass is 16.5. The molecule has 1 heterocycles. The highest BCUT2D eigenvalue weighted by Gasteiger charge is 2.07. The van der Waals surface area contributed by atoms with E-state index in [0.717, 1.165) is 22.3 Å². The van der Waals surface area contributed by atoms with Crippen LogP contribution >= 0.6 is 0 Å². The Morgan fingerprint density at radius 1 is 1.22 bits per heavy atom. The maximum atomic E-state index is 12.1. The van der Waals surface area contributed by atoms with Crippen molar-refractivity contribution in [2.45, 2.75) is 19.9 Å². The second kappa shape index (κ2) is 6.52. The molecule has 3 rings (SSSR count). The van der Waals surface area contributed by atoms with Crippen molar-refractivity contribution in [3.8, 4) is 5.75 Å². The molecule has 0 unspecified atom stereocenters. The number of hydrogen-bond acceptors (Lipinski definition) is 3. The maximum Gasteiger partial charge on any atom is 0.226 e. The molecule has 0 aliphatic carbocycles. The third kappa shape index (κ3) is 3.34. The summed E-state index contributed by atoms with van der Waals surface area (Å²) in [5.74, 6) is 0.729. The van der Waals surface area contributed by atoms with Gasteiger partial charge in [-0.25, -0.2) is 0 Å². The van der Waals surface area contributed by atoms with E-state index in [1.54, 1.807) is 7.11 Å². The Morgan fingerprint density at radius 3 is 2.74 bits per heavy atom. The summed E-state index contributed by atoms with van der Waals surface area (Å²) in [5, 5.41) is 8.39. The Hall–Kier alpha value is -2.82. The fourth-order valence-electron chi connectivity index (χ4n) is 2.53. The van der Waals surface area contributed by atoms with Crippen molar-refractivity contribution in [1.82, 2.24) is 9.78 Å². The van der Waals surface area contributed by atoms with E-state index >= 15 is 0 Å². The number of ether oxygens (including phenoxy) is 1. The summed E-state index contributed by atoms with van der Waals surface area (Å²) >= 11 is 0. The second-order valence-corrected chi connectivity index (χ2v) is 5.40. The number of nitrogens with zero attached hydrogens (tertiary/aromatic N) is 2. The molecule has 2 aromatic carbocycles. The lowest BCUT2D eigenvalue weighted by molar-refractivity contribution is -0.116. The monoisotopic (exact) mass is 309 g/mol. The number of carbonyl (C=O) groups excluding carboxylic acids is 1. The molecule has 23 heavy (non-hydrogen) atoms. The standard InChI is InChI=1S/C18H19N3O2/c1-13-4-3-5-17-16(13)12-19-21(17)11-10-18(22)20-14-6-8-15(23-2)9-7-14/h3-9,12H,10-11H2,1-2H3,(H,20,22). The third-order valence-corrected chi connectivity index (χ3v) is 3.83. The van der Waals surface area contributed by atoms with Crippen LogP contribution in [0.15, 0.2) is 48.7 Å². The zero-order valence-corrected chi connectivity index (χ0v) is 13.2. The fourth-order valence-corrected chi connectivity index (χ4v) is 2.53. The molecule has 5 heteroatoms. The smallest absolute Gasteiger partial charge is 0.226 e. The SMILES string of the molecule is COc1ccc(NC(=O)CCn2ncc3c(C)cccc32)cc1. The molecule has 1 aromatic heterocycles. The molecule has 0 saturated heterocycles. The van der Waals surface area contributed by atoms with Gasteiger partial charge in [0.05, 0.1) is 25.4 Å². The molecule has 1 amide bonds. The summed E-state index contributed by atoms with van der Waals surface area (Å²) in [6.45, 7) is 2.61. The first-order valence-electron chi connectivity index (χ1n) is 7.52. The topological polar surface area (TPSA) is 56.1 Å². The molecule has 0 radical (unpaired) electrons. The van der Waals surface area contributed by atoms with Gasteiger partial charge in [0.1, 0.15) is 5.75 Å². The molecule has 0 aliphatic heterocycles. The Bertz CT molecular complexity index is 822. The normalized spacial score (nSPS) is 10.7. The summed E-state index contributed by atoms with van der Waals surface area (Å²) in [6.07, 6.45) is 2.22. The van der Waals surface area contributed by atoms with Gasteiger partial charge in [-0.05, 0) is 42.8 Å². The molecule has 3 aromatic rings. The van der Waals surface area contributed by atoms with Crippen molar-refractivity contribution < 1.29 is 9.53 Å². The van der Waals surface area contributed by atoms with E-state index in [9.17, 15) is 4.79 Å². The molecular formula is C18H19N3O2. The van der Waals surface area contributed by atoms with Crippen molar-refractivity contribution >= 4 is 22.5 Å². The molecule has 0 aliphatic rings. The summed E-state index contributed by atoms with van der Waals surface area (Å²) in [5.41, 5.74) is 3.01. The number of benzene rings is 2. The van der Waals surface area contributed by atoms with Gasteiger partial charge in [-0.2, -0.15) is 5.10 Å². The van der Waals surface area contributed by atoms with Crippen LogP contribution in [0.3, 0.4) is 0 Å². The summed E-state index contributed by atoms with van der Waals surface area (Å²) in [4.78, 5) is 12.1. The molecule has 0 spiro atoms. The van der Waals surface area contributed by atoms with Gasteiger partial charge in [-0.15, -0.1) is 0 Å². The van der Waals surface area contributed by atoms with Crippen LogP contribution in [0.4, 0.5) is 5.69 Å². The van der Waals surface area contributed by atoms with Crippen molar-refractivity contribution in [3.05, 3.63) is 54.2 Å². The maximum absolute atomic E-state index is 12.1. The molecule has 0 atom stereocenters. The van der Waals surface area contributed by atoms with Gasteiger partial charge in [-0.3, -0.25) is 9.48 Å². The lowest BCUT2D eigenvalue weighted by Gasteiger charge is -2.07. The van der Waals surface area contributed by atoms with Crippen molar-refractivity contribution in [1.29, 1.82) is 0 Å². The number of aromatic nitrogens is 2. The Balaban J connectivity index is 1.62. The number of amides is 1. The summed E-state index contributed by atoms with van der Waals surface area (Å²) in [6, 6.07) is 13.4. The van der Waals surface area contributed by atoms with Crippen LogP contribution in [-0.4, -0.2) is 22.8 Å². The van der Waals surface area contributed by atoms with Crippen LogP contribution in [0.2, 0.25) is 0 Å². The number of anilines is 1. The third-order valence-electron chi connectivity index (χ3n) is 3.83. The van der Waals surface area contributed by atoms with Crippen LogP contribution in [0.25, 0.3) is 10.9 Å². The lowest BCUT2D eigenvalue weighted by Crippen LogP contribution is -2.14. The Labute approximate surface area is 134 Å². The van der Waals surface area contributed by atoms with E-state index in [0.29, 0.717) is 13.0 Å². The van der Waals surface area contributed by atoms with Gasteiger partial charge in [0.25, 0.3) is 0 Å². The lowest BCUT2D eigenvalue weighted by atomic mass is 10.1.